The Kier molecular flexibility index (Phi) is 7.03. The van der Waals surface area contributed by atoms with Crippen LogP contribution in [0.25, 0.3) is 5.76 Å². The van der Waals surface area contributed by atoms with Gasteiger partial charge >= 0.3 is 5.91 Å². The fourth-order valence-electron chi connectivity index (χ4n) is 4.93. The lowest BCUT2D eigenvalue weighted by Crippen LogP contribution is -2.29. The number of amides is 1. The molecule has 0 aliphatic carbocycles. The van der Waals surface area contributed by atoms with Gasteiger partial charge in [-0.3, -0.25) is 14.5 Å². The van der Waals surface area contributed by atoms with Crippen molar-refractivity contribution >= 4 is 45.7 Å². The zero-order valence-electron chi connectivity index (χ0n) is 21.7. The van der Waals surface area contributed by atoms with Gasteiger partial charge in [0.1, 0.15) is 23.4 Å². The Morgan fingerprint density at radius 1 is 1.10 bits per heavy atom. The number of thioether (sulfide) groups is 1. The first-order valence-corrected chi connectivity index (χ1v) is 14.5. The molecule has 1 aromatic heterocycles. The molecule has 40 heavy (non-hydrogen) atoms. The fourth-order valence-corrected chi connectivity index (χ4v) is 6.76. The van der Waals surface area contributed by atoms with Gasteiger partial charge in [-0.1, -0.05) is 65.6 Å². The van der Waals surface area contributed by atoms with Crippen LogP contribution >= 0.6 is 23.1 Å². The first kappa shape index (κ1) is 26.1. The molecule has 6 rings (SSSR count). The van der Waals surface area contributed by atoms with E-state index < -0.39 is 17.7 Å². The first-order chi connectivity index (χ1) is 19.4. The molecule has 202 valence electrons. The molecular weight excluding hydrogens is 546 g/mol. The third-order valence-electron chi connectivity index (χ3n) is 6.85. The summed E-state index contributed by atoms with van der Waals surface area (Å²) in [5.41, 5.74) is 3.15. The normalized spacial score (nSPS) is 19.5. The lowest BCUT2D eigenvalue weighted by molar-refractivity contribution is -0.132. The van der Waals surface area contributed by atoms with Crippen molar-refractivity contribution in [1.29, 1.82) is 0 Å². The number of benzene rings is 3. The number of carbonyl (C=O) groups is 2. The molecule has 0 spiro atoms. The quantitative estimate of drug-likeness (QED) is 0.0978. The third kappa shape index (κ3) is 4.84. The number of aliphatic hydroxyl groups excluding tert-OH is 1. The monoisotopic (exact) mass is 571 g/mol. The van der Waals surface area contributed by atoms with Crippen LogP contribution in [0.4, 0.5) is 5.13 Å². The second-order valence-corrected chi connectivity index (χ2v) is 11.7. The Hall–Kier alpha value is -4.15. The lowest BCUT2D eigenvalue weighted by Gasteiger charge is -2.22. The number of nitrogens with zero attached hydrogens (tertiary/aromatic N) is 3. The predicted octanol–water partition coefficient (Wildman–Crippen LogP) is 5.79. The molecule has 2 atom stereocenters. The van der Waals surface area contributed by atoms with Crippen LogP contribution < -0.4 is 14.4 Å². The van der Waals surface area contributed by atoms with Crippen molar-refractivity contribution in [3.63, 3.8) is 0 Å². The van der Waals surface area contributed by atoms with Gasteiger partial charge in [0.25, 0.3) is 5.78 Å². The number of ketones is 1. The topological polar surface area (TPSA) is 102 Å². The number of ether oxygens (including phenoxy) is 2. The van der Waals surface area contributed by atoms with E-state index in [0.717, 1.165) is 16.9 Å². The van der Waals surface area contributed by atoms with Crippen LogP contribution in [0.15, 0.2) is 82.7 Å². The summed E-state index contributed by atoms with van der Waals surface area (Å²) in [5, 5.41) is 20.3. The van der Waals surface area contributed by atoms with Crippen molar-refractivity contribution in [2.75, 3.05) is 12.0 Å². The van der Waals surface area contributed by atoms with Crippen molar-refractivity contribution in [2.45, 2.75) is 35.6 Å². The van der Waals surface area contributed by atoms with E-state index in [0.29, 0.717) is 33.4 Å². The molecule has 2 aliphatic heterocycles. The fraction of sp³-hybridized carbons (Fsp3) is 0.200. The van der Waals surface area contributed by atoms with E-state index in [1.54, 1.807) is 43.5 Å². The van der Waals surface area contributed by atoms with Gasteiger partial charge in [-0.15, -0.1) is 10.2 Å². The maximum absolute atomic E-state index is 13.5. The summed E-state index contributed by atoms with van der Waals surface area (Å²) in [5.74, 6) is 0.284. The molecule has 0 radical (unpaired) electrons. The SMILES string of the molecule is COc1ccc([C@H]2/C(=C(\O)c3ccc4c(c3)C[C@H](C)O4)C(=O)C(=O)N2c2nnc(SCc3ccccc3)s2)cc1. The zero-order valence-corrected chi connectivity index (χ0v) is 23.4. The standard InChI is InChI=1S/C30H25N3O5S2/c1-17-14-21-15-20(10-13-23(21)38-17)26(34)24-25(19-8-11-22(37-2)12-9-19)33(28(36)27(24)35)29-31-32-30(40-29)39-16-18-6-4-3-5-7-18/h3-13,15,17,25,34H,14,16H2,1-2H3/b26-24+/t17-,25-/m0/s1. The number of rotatable bonds is 7. The smallest absolute Gasteiger partial charge is 0.301 e. The number of fused-ring (bicyclic) bond motifs is 1. The molecule has 0 saturated carbocycles. The summed E-state index contributed by atoms with van der Waals surface area (Å²) in [6, 6.07) is 21.5. The van der Waals surface area contributed by atoms with E-state index in [2.05, 4.69) is 10.2 Å². The molecule has 1 saturated heterocycles. The van der Waals surface area contributed by atoms with Gasteiger partial charge in [-0.2, -0.15) is 0 Å². The molecule has 3 aromatic carbocycles. The second-order valence-electron chi connectivity index (χ2n) is 9.52. The Balaban J connectivity index is 1.40. The number of methoxy groups -OCH3 is 1. The van der Waals surface area contributed by atoms with E-state index in [-0.39, 0.29) is 22.6 Å². The predicted molar refractivity (Wildman–Crippen MR) is 154 cm³/mol. The van der Waals surface area contributed by atoms with Gasteiger partial charge in [-0.25, -0.2) is 0 Å². The van der Waals surface area contributed by atoms with Crippen LogP contribution in [0.3, 0.4) is 0 Å². The van der Waals surface area contributed by atoms with E-state index >= 15 is 0 Å². The molecule has 1 fully saturated rings. The molecule has 0 bridgehead atoms. The van der Waals surface area contributed by atoms with E-state index in [9.17, 15) is 14.7 Å². The number of hydrogen-bond acceptors (Lipinski definition) is 9. The number of anilines is 1. The van der Waals surface area contributed by atoms with Gasteiger partial charge < -0.3 is 14.6 Å². The van der Waals surface area contributed by atoms with E-state index in [4.69, 9.17) is 9.47 Å². The van der Waals surface area contributed by atoms with Gasteiger partial charge in [0.15, 0.2) is 4.34 Å². The summed E-state index contributed by atoms with van der Waals surface area (Å²) in [6.45, 7) is 1.98. The number of Topliss-reactive ketones (excluding diaryl/α,β-unsaturated/α-hetero) is 1. The van der Waals surface area contributed by atoms with Gasteiger partial charge in [0.2, 0.25) is 5.13 Å². The van der Waals surface area contributed by atoms with Crippen LogP contribution in [-0.4, -0.2) is 40.2 Å². The van der Waals surface area contributed by atoms with E-state index in [1.165, 1.54) is 28.0 Å². The van der Waals surface area contributed by atoms with Crippen molar-refractivity contribution < 1.29 is 24.2 Å². The summed E-state index contributed by atoms with van der Waals surface area (Å²) >= 11 is 2.74. The maximum Gasteiger partial charge on any atom is 0.301 e. The largest absolute Gasteiger partial charge is 0.507 e. The minimum Gasteiger partial charge on any atom is -0.507 e. The molecule has 0 unspecified atom stereocenters. The van der Waals surface area contributed by atoms with E-state index in [1.807, 2.05) is 43.3 Å². The number of carbonyl (C=O) groups excluding carboxylic acids is 2. The third-order valence-corrected chi connectivity index (χ3v) is 8.98. The van der Waals surface area contributed by atoms with Gasteiger partial charge in [-0.05, 0) is 53.9 Å². The van der Waals surface area contributed by atoms with Crippen molar-refractivity contribution in [1.82, 2.24) is 10.2 Å². The molecule has 4 aromatic rings. The average Bonchev–Trinajstić information content (AvgIpc) is 3.67. The summed E-state index contributed by atoms with van der Waals surface area (Å²) < 4.78 is 11.8. The minimum atomic E-state index is -0.894. The van der Waals surface area contributed by atoms with Crippen LogP contribution in [0.2, 0.25) is 0 Å². The minimum absolute atomic E-state index is 0.00392. The number of hydrogen-bond donors (Lipinski definition) is 1. The zero-order chi connectivity index (χ0) is 27.8. The van der Waals surface area contributed by atoms with Crippen LogP contribution in [0.1, 0.15) is 35.2 Å². The molecule has 10 heteroatoms. The Morgan fingerprint density at radius 3 is 2.62 bits per heavy atom. The van der Waals surface area contributed by atoms with Gasteiger partial charge in [0, 0.05) is 17.7 Å². The molecule has 8 nitrogen and oxygen atoms in total. The first-order valence-electron chi connectivity index (χ1n) is 12.7. The van der Waals surface area contributed by atoms with Crippen molar-refractivity contribution in [2.24, 2.45) is 0 Å². The van der Waals surface area contributed by atoms with Crippen LogP contribution in [-0.2, 0) is 21.8 Å². The van der Waals surface area contributed by atoms with Gasteiger partial charge in [0.05, 0.1) is 18.7 Å². The summed E-state index contributed by atoms with van der Waals surface area (Å²) in [4.78, 5) is 28.3. The van der Waals surface area contributed by atoms with Crippen molar-refractivity contribution in [3.8, 4) is 11.5 Å². The Bertz CT molecular complexity index is 1620. The molecule has 2 aliphatic rings. The highest BCUT2D eigenvalue weighted by Crippen LogP contribution is 2.45. The Morgan fingerprint density at radius 2 is 1.88 bits per heavy atom. The Labute approximate surface area is 239 Å². The number of aromatic nitrogens is 2. The summed E-state index contributed by atoms with van der Waals surface area (Å²) in [6.07, 6.45) is 0.726. The second kappa shape index (κ2) is 10.8. The van der Waals surface area contributed by atoms with Crippen LogP contribution in [0.5, 0.6) is 11.5 Å². The highest BCUT2D eigenvalue weighted by molar-refractivity contribution is 8.00. The maximum atomic E-state index is 13.5. The molecular formula is C30H25N3O5S2. The lowest BCUT2D eigenvalue weighted by atomic mass is 9.94. The average molecular weight is 572 g/mol. The highest BCUT2D eigenvalue weighted by atomic mass is 32.2. The van der Waals surface area contributed by atoms with Crippen molar-refractivity contribution in [3.05, 3.63) is 101 Å². The molecule has 1 N–H and O–H groups in total. The molecule has 3 heterocycles. The highest BCUT2D eigenvalue weighted by Gasteiger charge is 2.48. The van der Waals surface area contributed by atoms with Crippen LogP contribution in [0, 0.1) is 0 Å². The summed E-state index contributed by atoms with van der Waals surface area (Å²) in [7, 11) is 1.56. The number of aliphatic hydroxyl groups is 1. The molecule has 1 amide bonds.